The molecule has 0 aliphatic rings. The van der Waals surface area contributed by atoms with Gasteiger partial charge >= 0.3 is 0 Å². The zero-order chi connectivity index (χ0) is 19.6. The summed E-state index contributed by atoms with van der Waals surface area (Å²) in [5.41, 5.74) is 1.77. The first-order valence-corrected chi connectivity index (χ1v) is 9.06. The van der Waals surface area contributed by atoms with E-state index in [2.05, 4.69) is 17.6 Å². The lowest BCUT2D eigenvalue weighted by Crippen LogP contribution is -2.30. The first kappa shape index (κ1) is 20.5. The van der Waals surface area contributed by atoms with Crippen molar-refractivity contribution in [2.45, 2.75) is 19.8 Å². The Balaban J connectivity index is 1.92. The SMILES string of the molecule is CCCCN(C)CC(=O)Nc1ccc(C(=O)Nc2ccccc2OC)cc1. The van der Waals surface area contributed by atoms with Gasteiger partial charge in [0.15, 0.2) is 0 Å². The molecule has 0 saturated carbocycles. The molecule has 0 aromatic heterocycles. The summed E-state index contributed by atoms with van der Waals surface area (Å²) in [6.07, 6.45) is 2.17. The fraction of sp³-hybridized carbons (Fsp3) is 0.333. The minimum atomic E-state index is -0.239. The minimum absolute atomic E-state index is 0.0696. The molecule has 0 heterocycles. The number of hydrogen-bond donors (Lipinski definition) is 2. The van der Waals surface area contributed by atoms with Gasteiger partial charge in [-0.15, -0.1) is 0 Å². The van der Waals surface area contributed by atoms with Crippen LogP contribution in [-0.2, 0) is 4.79 Å². The number of hydrogen-bond acceptors (Lipinski definition) is 4. The fourth-order valence-electron chi connectivity index (χ4n) is 2.60. The topological polar surface area (TPSA) is 70.7 Å². The molecule has 0 aliphatic heterocycles. The third-order valence-electron chi connectivity index (χ3n) is 4.09. The number of para-hydroxylation sites is 2. The fourth-order valence-corrected chi connectivity index (χ4v) is 2.60. The van der Waals surface area contributed by atoms with Crippen LogP contribution in [-0.4, -0.2) is 44.0 Å². The number of methoxy groups -OCH3 is 1. The Labute approximate surface area is 160 Å². The molecule has 6 heteroatoms. The Bertz CT molecular complexity index is 760. The van der Waals surface area contributed by atoms with Crippen LogP contribution in [0.2, 0.25) is 0 Å². The number of nitrogens with zero attached hydrogens (tertiary/aromatic N) is 1. The van der Waals surface area contributed by atoms with Gasteiger partial charge in [-0.3, -0.25) is 14.5 Å². The number of amides is 2. The zero-order valence-corrected chi connectivity index (χ0v) is 16.1. The maximum atomic E-state index is 12.4. The van der Waals surface area contributed by atoms with Crippen LogP contribution in [0.4, 0.5) is 11.4 Å². The summed E-state index contributed by atoms with van der Waals surface area (Å²) in [5, 5.41) is 5.68. The highest BCUT2D eigenvalue weighted by atomic mass is 16.5. The van der Waals surface area contributed by atoms with Gasteiger partial charge in [0.25, 0.3) is 5.91 Å². The maximum Gasteiger partial charge on any atom is 0.255 e. The number of unbranched alkanes of at least 4 members (excludes halogenated alkanes) is 1. The molecule has 2 amide bonds. The van der Waals surface area contributed by atoms with Crippen molar-refractivity contribution in [2.24, 2.45) is 0 Å². The molecule has 0 spiro atoms. The van der Waals surface area contributed by atoms with Crippen LogP contribution in [0.3, 0.4) is 0 Å². The molecule has 0 unspecified atom stereocenters. The number of nitrogens with one attached hydrogen (secondary N) is 2. The Morgan fingerprint density at radius 2 is 1.74 bits per heavy atom. The standard InChI is InChI=1S/C21H27N3O3/c1-4-5-14-24(2)15-20(25)22-17-12-10-16(11-13-17)21(26)23-18-8-6-7-9-19(18)27-3/h6-13H,4-5,14-15H2,1-3H3,(H,22,25)(H,23,26). The van der Waals surface area contributed by atoms with Crippen molar-refractivity contribution in [1.29, 1.82) is 0 Å². The summed E-state index contributed by atoms with van der Waals surface area (Å²) >= 11 is 0. The number of benzene rings is 2. The highest BCUT2D eigenvalue weighted by Gasteiger charge is 2.10. The predicted molar refractivity (Wildman–Crippen MR) is 108 cm³/mol. The summed E-state index contributed by atoms with van der Waals surface area (Å²) < 4.78 is 5.23. The molecule has 0 aliphatic carbocycles. The molecular weight excluding hydrogens is 342 g/mol. The van der Waals surface area contributed by atoms with Gasteiger partial charge in [-0.05, 0) is 56.4 Å². The zero-order valence-electron chi connectivity index (χ0n) is 16.1. The highest BCUT2D eigenvalue weighted by molar-refractivity contribution is 6.05. The van der Waals surface area contributed by atoms with Crippen LogP contribution in [0.5, 0.6) is 5.75 Å². The van der Waals surface area contributed by atoms with E-state index in [-0.39, 0.29) is 11.8 Å². The molecule has 0 radical (unpaired) electrons. The van der Waals surface area contributed by atoms with E-state index < -0.39 is 0 Å². The van der Waals surface area contributed by atoms with Crippen molar-refractivity contribution in [3.05, 3.63) is 54.1 Å². The van der Waals surface area contributed by atoms with E-state index >= 15 is 0 Å². The number of likely N-dealkylation sites (N-methyl/N-ethyl adjacent to an activating group) is 1. The first-order valence-electron chi connectivity index (χ1n) is 9.06. The molecule has 0 bridgehead atoms. The van der Waals surface area contributed by atoms with Crippen LogP contribution in [0.1, 0.15) is 30.1 Å². The lowest BCUT2D eigenvalue weighted by atomic mass is 10.2. The van der Waals surface area contributed by atoms with Gasteiger partial charge in [-0.25, -0.2) is 0 Å². The van der Waals surface area contributed by atoms with E-state index in [4.69, 9.17) is 4.74 Å². The largest absolute Gasteiger partial charge is 0.495 e. The lowest BCUT2D eigenvalue weighted by molar-refractivity contribution is -0.117. The van der Waals surface area contributed by atoms with E-state index in [1.165, 1.54) is 0 Å². The van der Waals surface area contributed by atoms with Crippen molar-refractivity contribution in [1.82, 2.24) is 4.90 Å². The third kappa shape index (κ3) is 6.42. The van der Waals surface area contributed by atoms with E-state index in [1.54, 1.807) is 43.5 Å². The van der Waals surface area contributed by atoms with Gasteiger partial charge in [-0.2, -0.15) is 0 Å². The molecular formula is C21H27N3O3. The number of rotatable bonds is 9. The van der Waals surface area contributed by atoms with E-state index in [1.807, 2.05) is 24.1 Å². The Hall–Kier alpha value is -2.86. The average Bonchev–Trinajstić information content (AvgIpc) is 2.67. The molecule has 2 N–H and O–H groups in total. The number of carbonyl (C=O) groups is 2. The summed E-state index contributed by atoms with van der Waals surface area (Å²) in [5.74, 6) is 0.290. The van der Waals surface area contributed by atoms with E-state index in [9.17, 15) is 9.59 Å². The van der Waals surface area contributed by atoms with Crippen molar-refractivity contribution in [3.63, 3.8) is 0 Å². The molecule has 2 aromatic rings. The summed E-state index contributed by atoms with van der Waals surface area (Å²) in [4.78, 5) is 26.5. The molecule has 0 saturated heterocycles. The van der Waals surface area contributed by atoms with Gasteiger partial charge in [-0.1, -0.05) is 25.5 Å². The second-order valence-corrected chi connectivity index (χ2v) is 6.37. The van der Waals surface area contributed by atoms with Crippen LogP contribution in [0.25, 0.3) is 0 Å². The average molecular weight is 369 g/mol. The number of anilines is 2. The van der Waals surface area contributed by atoms with Crippen molar-refractivity contribution >= 4 is 23.2 Å². The normalized spacial score (nSPS) is 10.5. The Morgan fingerprint density at radius 1 is 1.04 bits per heavy atom. The van der Waals surface area contributed by atoms with Gasteiger partial charge in [0.2, 0.25) is 5.91 Å². The third-order valence-corrected chi connectivity index (χ3v) is 4.09. The van der Waals surface area contributed by atoms with Crippen LogP contribution < -0.4 is 15.4 Å². The summed E-state index contributed by atoms with van der Waals surface area (Å²) in [7, 11) is 3.49. The predicted octanol–water partition coefficient (Wildman–Crippen LogP) is 3.62. The van der Waals surface area contributed by atoms with Crippen molar-refractivity contribution < 1.29 is 14.3 Å². The van der Waals surface area contributed by atoms with E-state index in [0.717, 1.165) is 19.4 Å². The van der Waals surface area contributed by atoms with Crippen LogP contribution in [0.15, 0.2) is 48.5 Å². The van der Waals surface area contributed by atoms with Gasteiger partial charge in [0.1, 0.15) is 5.75 Å². The maximum absolute atomic E-state index is 12.4. The smallest absolute Gasteiger partial charge is 0.255 e. The number of carbonyl (C=O) groups excluding carboxylic acids is 2. The molecule has 0 atom stereocenters. The first-order chi connectivity index (χ1) is 13.0. The minimum Gasteiger partial charge on any atom is -0.495 e. The molecule has 2 rings (SSSR count). The van der Waals surface area contributed by atoms with Crippen molar-refractivity contribution in [3.8, 4) is 5.75 Å². The second kappa shape index (κ2) is 10.3. The van der Waals surface area contributed by atoms with Crippen molar-refractivity contribution in [2.75, 3.05) is 37.9 Å². The summed E-state index contributed by atoms with van der Waals surface area (Å²) in [6.45, 7) is 3.36. The highest BCUT2D eigenvalue weighted by Crippen LogP contribution is 2.23. The molecule has 27 heavy (non-hydrogen) atoms. The Kier molecular flexibility index (Phi) is 7.82. The lowest BCUT2D eigenvalue weighted by Gasteiger charge is -2.15. The quantitative estimate of drug-likeness (QED) is 0.708. The van der Waals surface area contributed by atoms with Gasteiger partial charge in [0, 0.05) is 11.3 Å². The summed E-state index contributed by atoms with van der Waals surface area (Å²) in [6, 6.07) is 14.0. The van der Waals surface area contributed by atoms with Gasteiger partial charge in [0.05, 0.1) is 19.3 Å². The number of ether oxygens (including phenoxy) is 1. The van der Waals surface area contributed by atoms with Gasteiger partial charge < -0.3 is 15.4 Å². The molecule has 0 fully saturated rings. The van der Waals surface area contributed by atoms with Crippen LogP contribution in [0, 0.1) is 0 Å². The Morgan fingerprint density at radius 3 is 2.41 bits per heavy atom. The monoisotopic (exact) mass is 369 g/mol. The molecule has 2 aromatic carbocycles. The van der Waals surface area contributed by atoms with Crippen LogP contribution >= 0.6 is 0 Å². The second-order valence-electron chi connectivity index (χ2n) is 6.37. The van der Waals surface area contributed by atoms with E-state index in [0.29, 0.717) is 29.2 Å². The molecule has 144 valence electrons. The molecule has 6 nitrogen and oxygen atoms in total.